The molecule has 4 aliphatic rings. The van der Waals surface area contributed by atoms with Crippen molar-refractivity contribution < 1.29 is 43.2 Å². The van der Waals surface area contributed by atoms with Crippen LogP contribution in [0.4, 0.5) is 4.79 Å². The van der Waals surface area contributed by atoms with E-state index in [1.54, 1.807) is 21.0 Å². The SMILES string of the molecule is CC[C@H]1OC(=O)[C@H](C)C(=O)[C@H](C)[C@@H](O[C@@H]2OC(CN(C)C3CC3)CC(N(C)C)C2O)[C@](C)(OC)C[C@@H](C)CN[C@H](C)[C@H]2NC(=O)O[C@@]21C. The summed E-state index contributed by atoms with van der Waals surface area (Å²) in [5.74, 6) is -3.02. The van der Waals surface area contributed by atoms with Gasteiger partial charge < -0.3 is 49.2 Å². The fraction of sp³-hybridized carbons (Fsp3) is 0.914. The van der Waals surface area contributed by atoms with Crippen molar-refractivity contribution in [2.45, 2.75) is 147 Å². The zero-order valence-electron chi connectivity index (χ0n) is 31.0. The molecule has 3 N–H and O–H groups in total. The van der Waals surface area contributed by atoms with E-state index in [9.17, 15) is 19.5 Å². The summed E-state index contributed by atoms with van der Waals surface area (Å²) in [5.41, 5.74) is -2.16. The van der Waals surface area contributed by atoms with Crippen LogP contribution in [0.15, 0.2) is 0 Å². The van der Waals surface area contributed by atoms with E-state index in [0.29, 0.717) is 38.4 Å². The second kappa shape index (κ2) is 15.6. The highest BCUT2D eigenvalue weighted by Crippen LogP contribution is 2.38. The number of alkyl carbamates (subject to hydrolysis) is 1. The van der Waals surface area contributed by atoms with E-state index in [4.69, 9.17) is 23.7 Å². The van der Waals surface area contributed by atoms with Gasteiger partial charge in [-0.3, -0.25) is 9.59 Å². The minimum Gasteiger partial charge on any atom is -0.458 e. The smallest absolute Gasteiger partial charge is 0.408 e. The summed E-state index contributed by atoms with van der Waals surface area (Å²) < 4.78 is 31.2. The molecule has 0 spiro atoms. The van der Waals surface area contributed by atoms with Crippen LogP contribution >= 0.6 is 0 Å². The third kappa shape index (κ3) is 8.35. The standard InChI is InChI=1S/C35H62N4O9/c1-12-26-35(7)29(37-33(43)48-35)22(5)36-17-19(2)16-34(6,44-11)30(20(3)27(40)21(4)31(42)46-26)47-32-28(41)25(38(8)9)15-24(45-32)18-39(10)23-13-14-23/h19-26,28-30,32,36,41H,12-18H2,1-11H3,(H,37,43)/t19-,20+,21-,22-,24?,25?,26-,28?,29-,30-,32+,34-,35-/m1/s1. The molecule has 13 nitrogen and oxygen atoms in total. The highest BCUT2D eigenvalue weighted by molar-refractivity contribution is 6.00. The molecule has 0 aromatic rings. The first kappa shape index (κ1) is 38.9. The van der Waals surface area contributed by atoms with Crippen LogP contribution in [0.1, 0.15) is 80.6 Å². The maximum Gasteiger partial charge on any atom is 0.408 e. The van der Waals surface area contributed by atoms with Crippen LogP contribution in [0.2, 0.25) is 0 Å². The number of Topliss-reactive ketones (excluding diaryl/α,β-unsaturated/α-hetero) is 1. The van der Waals surface area contributed by atoms with Crippen molar-refractivity contribution in [2.75, 3.05) is 41.3 Å². The summed E-state index contributed by atoms with van der Waals surface area (Å²) >= 11 is 0. The second-order valence-electron chi connectivity index (χ2n) is 15.6. The molecular weight excluding hydrogens is 620 g/mol. The first-order valence-corrected chi connectivity index (χ1v) is 17.8. The molecule has 4 rings (SSSR count). The number of ketones is 1. The Balaban J connectivity index is 1.68. The summed E-state index contributed by atoms with van der Waals surface area (Å²) in [4.78, 5) is 44.7. The van der Waals surface area contributed by atoms with E-state index >= 15 is 0 Å². The number of hydrogen-bond acceptors (Lipinski definition) is 12. The Bertz CT molecular complexity index is 1140. The van der Waals surface area contributed by atoms with Crippen molar-refractivity contribution in [1.82, 2.24) is 20.4 Å². The third-order valence-electron chi connectivity index (χ3n) is 11.4. The quantitative estimate of drug-likeness (QED) is 0.255. The number of ether oxygens (including phenoxy) is 5. The molecule has 0 aromatic heterocycles. The van der Waals surface area contributed by atoms with Gasteiger partial charge in [-0.15, -0.1) is 0 Å². The molecule has 276 valence electrons. The number of hydrogen-bond donors (Lipinski definition) is 3. The van der Waals surface area contributed by atoms with Gasteiger partial charge in [0.2, 0.25) is 0 Å². The van der Waals surface area contributed by atoms with Crippen molar-refractivity contribution >= 4 is 17.8 Å². The number of methoxy groups -OCH3 is 1. The minimum atomic E-state index is -1.15. The average Bonchev–Trinajstić information content (AvgIpc) is 3.84. The van der Waals surface area contributed by atoms with Crippen LogP contribution in [0.3, 0.4) is 0 Å². The Morgan fingerprint density at radius 3 is 2.31 bits per heavy atom. The van der Waals surface area contributed by atoms with Gasteiger partial charge in [0.1, 0.15) is 18.1 Å². The van der Waals surface area contributed by atoms with Gasteiger partial charge >= 0.3 is 12.1 Å². The van der Waals surface area contributed by atoms with Crippen LogP contribution in [0.5, 0.6) is 0 Å². The van der Waals surface area contributed by atoms with Crippen LogP contribution in [0, 0.1) is 17.8 Å². The molecule has 0 bridgehead atoms. The van der Waals surface area contributed by atoms with Crippen molar-refractivity contribution in [3.8, 4) is 0 Å². The molecule has 13 heteroatoms. The number of esters is 1. The lowest BCUT2D eigenvalue weighted by Crippen LogP contribution is -2.60. The maximum absolute atomic E-state index is 14.2. The monoisotopic (exact) mass is 682 g/mol. The molecule has 48 heavy (non-hydrogen) atoms. The number of aliphatic hydroxyl groups excluding tert-OH is 1. The van der Waals surface area contributed by atoms with Crippen LogP contribution < -0.4 is 10.6 Å². The van der Waals surface area contributed by atoms with E-state index in [1.165, 1.54) is 19.8 Å². The fourth-order valence-electron chi connectivity index (χ4n) is 8.13. The van der Waals surface area contributed by atoms with E-state index in [-0.39, 0.29) is 29.9 Å². The number of nitrogens with one attached hydrogen (secondary N) is 2. The van der Waals surface area contributed by atoms with Crippen LogP contribution in [-0.2, 0) is 33.3 Å². The summed E-state index contributed by atoms with van der Waals surface area (Å²) in [6, 6.07) is -0.403. The predicted molar refractivity (Wildman–Crippen MR) is 179 cm³/mol. The molecule has 1 aliphatic carbocycles. The van der Waals surface area contributed by atoms with E-state index in [0.717, 1.165) is 0 Å². The highest BCUT2D eigenvalue weighted by atomic mass is 16.7. The van der Waals surface area contributed by atoms with Gasteiger partial charge in [0.15, 0.2) is 17.7 Å². The number of cyclic esters (lactones) is 1. The Morgan fingerprint density at radius 1 is 1.06 bits per heavy atom. The largest absolute Gasteiger partial charge is 0.458 e. The van der Waals surface area contributed by atoms with Crippen molar-refractivity contribution in [3.63, 3.8) is 0 Å². The summed E-state index contributed by atoms with van der Waals surface area (Å²) in [6.45, 7) is 14.1. The zero-order valence-corrected chi connectivity index (χ0v) is 31.0. The van der Waals surface area contributed by atoms with E-state index in [1.807, 2.05) is 39.8 Å². The molecule has 3 aliphatic heterocycles. The Morgan fingerprint density at radius 2 is 1.73 bits per heavy atom. The zero-order chi connectivity index (χ0) is 35.7. The number of rotatable bonds is 8. The second-order valence-corrected chi connectivity index (χ2v) is 15.6. The van der Waals surface area contributed by atoms with E-state index < -0.39 is 65.7 Å². The summed E-state index contributed by atoms with van der Waals surface area (Å²) in [6.07, 6.45) is -0.595. The highest BCUT2D eigenvalue weighted by Gasteiger charge is 2.55. The average molecular weight is 683 g/mol. The molecule has 4 fully saturated rings. The first-order valence-electron chi connectivity index (χ1n) is 17.8. The van der Waals surface area contributed by atoms with Gasteiger partial charge in [-0.2, -0.15) is 0 Å². The molecular formula is C35H62N4O9. The number of carbonyl (C=O) groups excluding carboxylic acids is 3. The molecule has 1 amide bonds. The molecule has 1 saturated carbocycles. The fourth-order valence-corrected chi connectivity index (χ4v) is 8.13. The Labute approximate surface area is 287 Å². The number of aliphatic hydroxyl groups is 1. The van der Waals surface area contributed by atoms with Gasteiger partial charge in [-0.1, -0.05) is 20.8 Å². The first-order chi connectivity index (χ1) is 22.4. The Hall–Kier alpha value is -1.87. The summed E-state index contributed by atoms with van der Waals surface area (Å²) in [5, 5.41) is 18.1. The molecule has 0 aromatic carbocycles. The number of likely N-dealkylation sites (N-methyl/N-ethyl adjacent to an activating group) is 2. The predicted octanol–water partition coefficient (Wildman–Crippen LogP) is 2.33. The Kier molecular flexibility index (Phi) is 12.6. The van der Waals surface area contributed by atoms with Crippen LogP contribution in [-0.4, -0.2) is 140 Å². The van der Waals surface area contributed by atoms with Gasteiger partial charge in [0, 0.05) is 37.7 Å². The number of fused-ring (bicyclic) bond motifs is 1. The molecule has 0 radical (unpaired) electrons. The van der Waals surface area contributed by atoms with Crippen molar-refractivity contribution in [1.29, 1.82) is 0 Å². The number of nitrogens with zero attached hydrogens (tertiary/aromatic N) is 2. The lowest BCUT2D eigenvalue weighted by atomic mass is 9.78. The van der Waals surface area contributed by atoms with E-state index in [2.05, 4.69) is 29.5 Å². The molecule has 13 atom stereocenters. The summed E-state index contributed by atoms with van der Waals surface area (Å²) in [7, 11) is 7.57. The lowest BCUT2D eigenvalue weighted by Gasteiger charge is -2.47. The normalized spacial score (nSPS) is 43.6. The lowest BCUT2D eigenvalue weighted by molar-refractivity contribution is -0.298. The molecule has 3 saturated heterocycles. The van der Waals surface area contributed by atoms with Crippen molar-refractivity contribution in [3.05, 3.63) is 0 Å². The van der Waals surface area contributed by atoms with Crippen LogP contribution in [0.25, 0.3) is 0 Å². The van der Waals surface area contributed by atoms with Gasteiger partial charge in [0.25, 0.3) is 0 Å². The number of carbonyl (C=O) groups is 3. The number of amides is 1. The van der Waals surface area contributed by atoms with Gasteiger partial charge in [-0.25, -0.2) is 4.79 Å². The topological polar surface area (TPSA) is 148 Å². The van der Waals surface area contributed by atoms with Gasteiger partial charge in [0.05, 0.1) is 23.9 Å². The maximum atomic E-state index is 14.2. The van der Waals surface area contributed by atoms with Crippen molar-refractivity contribution in [2.24, 2.45) is 17.8 Å². The minimum absolute atomic E-state index is 0.0316. The van der Waals surface area contributed by atoms with Gasteiger partial charge in [-0.05, 0) is 93.4 Å². The molecule has 3 unspecified atom stereocenters. The third-order valence-corrected chi connectivity index (χ3v) is 11.4. The molecule has 3 heterocycles.